The zero-order valence-electron chi connectivity index (χ0n) is 11.1. The van der Waals surface area contributed by atoms with Crippen LogP contribution in [0.4, 0.5) is 0 Å². The molecule has 0 fully saturated rings. The highest BCUT2D eigenvalue weighted by molar-refractivity contribution is 9.10. The van der Waals surface area contributed by atoms with E-state index >= 15 is 0 Å². The van der Waals surface area contributed by atoms with Crippen molar-refractivity contribution in [1.29, 1.82) is 0 Å². The topological polar surface area (TPSA) is 57.6 Å². The van der Waals surface area contributed by atoms with Crippen LogP contribution in [0.5, 0.6) is 11.5 Å². The van der Waals surface area contributed by atoms with Crippen molar-refractivity contribution < 1.29 is 13.9 Å². The van der Waals surface area contributed by atoms with Gasteiger partial charge in [0.05, 0.1) is 20.3 Å². The van der Waals surface area contributed by atoms with Crippen molar-refractivity contribution in [2.75, 3.05) is 14.2 Å². The molecule has 1 atom stereocenters. The molecule has 19 heavy (non-hydrogen) atoms. The Morgan fingerprint density at radius 2 is 1.79 bits per heavy atom. The number of nitrogens with two attached hydrogens (primary N) is 1. The normalized spacial score (nSPS) is 12.3. The summed E-state index contributed by atoms with van der Waals surface area (Å²) >= 11 is 3.50. The predicted octanol–water partition coefficient (Wildman–Crippen LogP) is 3.42. The number of halogens is 1. The van der Waals surface area contributed by atoms with Crippen LogP contribution in [-0.4, -0.2) is 14.2 Å². The molecule has 2 aromatic rings. The Labute approximate surface area is 120 Å². The van der Waals surface area contributed by atoms with Crippen LogP contribution in [0.25, 0.3) is 0 Å². The predicted molar refractivity (Wildman–Crippen MR) is 76.7 cm³/mol. The monoisotopic (exact) mass is 325 g/mol. The van der Waals surface area contributed by atoms with E-state index in [1.165, 1.54) is 0 Å². The number of hydrogen-bond acceptors (Lipinski definition) is 4. The number of methoxy groups -OCH3 is 2. The lowest BCUT2D eigenvalue weighted by Gasteiger charge is -2.15. The fraction of sp³-hybridized carbons (Fsp3) is 0.286. The summed E-state index contributed by atoms with van der Waals surface area (Å²) < 4.78 is 17.0. The first-order chi connectivity index (χ1) is 9.06. The minimum Gasteiger partial charge on any atom is -0.493 e. The molecule has 0 bridgehead atoms. The zero-order chi connectivity index (χ0) is 14.0. The van der Waals surface area contributed by atoms with Gasteiger partial charge < -0.3 is 19.6 Å². The van der Waals surface area contributed by atoms with Crippen LogP contribution in [0.1, 0.15) is 23.1 Å². The highest BCUT2D eigenvalue weighted by Crippen LogP contribution is 2.37. The molecule has 1 unspecified atom stereocenters. The lowest BCUT2D eigenvalue weighted by molar-refractivity contribution is 0.353. The molecule has 0 aliphatic rings. The molecule has 5 heteroatoms. The van der Waals surface area contributed by atoms with Crippen LogP contribution < -0.4 is 15.2 Å². The van der Waals surface area contributed by atoms with Crippen LogP contribution in [0.2, 0.25) is 0 Å². The van der Waals surface area contributed by atoms with Gasteiger partial charge in [-0.05, 0) is 36.8 Å². The van der Waals surface area contributed by atoms with Crippen LogP contribution in [0.3, 0.4) is 0 Å². The molecule has 0 saturated carbocycles. The molecule has 1 aromatic heterocycles. The van der Waals surface area contributed by atoms with Gasteiger partial charge in [0.15, 0.2) is 11.5 Å². The van der Waals surface area contributed by atoms with Gasteiger partial charge in [-0.1, -0.05) is 15.9 Å². The summed E-state index contributed by atoms with van der Waals surface area (Å²) in [5.74, 6) is 2.84. The Kier molecular flexibility index (Phi) is 4.17. The maximum absolute atomic E-state index is 6.23. The summed E-state index contributed by atoms with van der Waals surface area (Å²) in [5.41, 5.74) is 7.11. The molecular weight excluding hydrogens is 310 g/mol. The Morgan fingerprint density at radius 1 is 1.16 bits per heavy atom. The van der Waals surface area contributed by atoms with Gasteiger partial charge in [0.25, 0.3) is 0 Å². The van der Waals surface area contributed by atoms with Crippen molar-refractivity contribution >= 4 is 15.9 Å². The van der Waals surface area contributed by atoms with Crippen molar-refractivity contribution in [3.8, 4) is 11.5 Å². The lowest BCUT2D eigenvalue weighted by atomic mass is 10.0. The van der Waals surface area contributed by atoms with E-state index in [1.807, 2.05) is 31.2 Å². The van der Waals surface area contributed by atoms with Gasteiger partial charge in [-0.25, -0.2) is 0 Å². The summed E-state index contributed by atoms with van der Waals surface area (Å²) in [6, 6.07) is 7.10. The molecule has 102 valence electrons. The Hall–Kier alpha value is -1.46. The third-order valence-corrected chi connectivity index (χ3v) is 3.59. The van der Waals surface area contributed by atoms with Crippen molar-refractivity contribution in [3.05, 3.63) is 45.8 Å². The van der Waals surface area contributed by atoms with Crippen molar-refractivity contribution in [3.63, 3.8) is 0 Å². The first kappa shape index (κ1) is 14.0. The van der Waals surface area contributed by atoms with E-state index in [0.717, 1.165) is 15.8 Å². The highest BCUT2D eigenvalue weighted by Gasteiger charge is 2.18. The smallest absolute Gasteiger partial charge is 0.161 e. The van der Waals surface area contributed by atoms with E-state index in [9.17, 15) is 0 Å². The van der Waals surface area contributed by atoms with E-state index in [-0.39, 0.29) is 6.04 Å². The quantitative estimate of drug-likeness (QED) is 0.935. The minimum atomic E-state index is -0.358. The molecular formula is C14H16BrNO3. The maximum Gasteiger partial charge on any atom is 0.161 e. The molecule has 1 aromatic carbocycles. The summed E-state index contributed by atoms with van der Waals surface area (Å²) in [7, 11) is 3.19. The standard InChI is InChI=1S/C14H16BrNO3/c1-8-4-5-11(19-8)14(16)9-6-12(17-2)13(18-3)7-10(9)15/h4-7,14H,16H2,1-3H3. The van der Waals surface area contributed by atoms with Crippen molar-refractivity contribution in [2.45, 2.75) is 13.0 Å². The largest absolute Gasteiger partial charge is 0.493 e. The summed E-state index contributed by atoms with van der Waals surface area (Å²) in [4.78, 5) is 0. The fourth-order valence-electron chi connectivity index (χ4n) is 1.88. The third-order valence-electron chi connectivity index (χ3n) is 2.91. The zero-order valence-corrected chi connectivity index (χ0v) is 12.7. The second-order valence-corrected chi connectivity index (χ2v) is 5.01. The molecule has 1 heterocycles. The number of furan rings is 1. The summed E-state index contributed by atoms with van der Waals surface area (Å²) in [6.07, 6.45) is 0. The molecule has 4 nitrogen and oxygen atoms in total. The average Bonchev–Trinajstić information content (AvgIpc) is 2.84. The van der Waals surface area contributed by atoms with Crippen molar-refractivity contribution in [2.24, 2.45) is 5.73 Å². The number of ether oxygens (including phenoxy) is 2. The highest BCUT2D eigenvalue weighted by atomic mass is 79.9. The maximum atomic E-state index is 6.23. The van der Waals surface area contributed by atoms with Gasteiger partial charge >= 0.3 is 0 Å². The number of rotatable bonds is 4. The van der Waals surface area contributed by atoms with Gasteiger partial charge in [0, 0.05) is 4.47 Å². The third kappa shape index (κ3) is 2.77. The van der Waals surface area contributed by atoms with Gasteiger partial charge in [-0.2, -0.15) is 0 Å². The van der Waals surface area contributed by atoms with Crippen LogP contribution in [-0.2, 0) is 0 Å². The average molecular weight is 326 g/mol. The van der Waals surface area contributed by atoms with Gasteiger partial charge in [-0.15, -0.1) is 0 Å². The van der Waals surface area contributed by atoms with Gasteiger partial charge in [0.2, 0.25) is 0 Å². The Morgan fingerprint density at radius 3 is 2.32 bits per heavy atom. The van der Waals surface area contributed by atoms with Crippen LogP contribution in [0, 0.1) is 6.92 Å². The molecule has 0 spiro atoms. The first-order valence-electron chi connectivity index (χ1n) is 5.80. The fourth-order valence-corrected chi connectivity index (χ4v) is 2.45. The first-order valence-corrected chi connectivity index (χ1v) is 6.59. The molecule has 0 aliphatic heterocycles. The molecule has 0 amide bonds. The summed E-state index contributed by atoms with van der Waals surface area (Å²) in [6.45, 7) is 1.89. The van der Waals surface area contributed by atoms with Gasteiger partial charge in [-0.3, -0.25) is 0 Å². The molecule has 0 aliphatic carbocycles. The molecule has 2 rings (SSSR count). The number of hydrogen-bond donors (Lipinski definition) is 1. The van der Waals surface area contributed by atoms with Crippen LogP contribution >= 0.6 is 15.9 Å². The van der Waals surface area contributed by atoms with E-state index in [1.54, 1.807) is 14.2 Å². The van der Waals surface area contributed by atoms with Crippen molar-refractivity contribution in [1.82, 2.24) is 0 Å². The van der Waals surface area contributed by atoms with E-state index in [2.05, 4.69) is 15.9 Å². The van der Waals surface area contributed by atoms with Gasteiger partial charge in [0.1, 0.15) is 11.5 Å². The Balaban J connectivity index is 2.44. The van der Waals surface area contributed by atoms with Crippen LogP contribution in [0.15, 0.2) is 33.2 Å². The number of benzene rings is 1. The SMILES string of the molecule is COc1cc(Br)c(C(N)c2ccc(C)o2)cc1OC. The second kappa shape index (κ2) is 5.67. The van der Waals surface area contributed by atoms with E-state index < -0.39 is 0 Å². The Bertz CT molecular complexity index is 580. The lowest BCUT2D eigenvalue weighted by Crippen LogP contribution is -2.12. The minimum absolute atomic E-state index is 0.358. The van der Waals surface area contributed by atoms with E-state index in [0.29, 0.717) is 17.3 Å². The second-order valence-electron chi connectivity index (χ2n) is 4.15. The molecule has 0 radical (unpaired) electrons. The number of aryl methyl sites for hydroxylation is 1. The molecule has 2 N–H and O–H groups in total. The van der Waals surface area contributed by atoms with E-state index in [4.69, 9.17) is 19.6 Å². The summed E-state index contributed by atoms with van der Waals surface area (Å²) in [5, 5.41) is 0. The molecule has 0 saturated heterocycles.